The first-order valence-corrected chi connectivity index (χ1v) is 7.50. The van der Waals surface area contributed by atoms with Crippen LogP contribution < -0.4 is 0 Å². The summed E-state index contributed by atoms with van der Waals surface area (Å²) in [4.78, 5) is 0. The fourth-order valence-electron chi connectivity index (χ4n) is 0.0227. The third-order valence-electron chi connectivity index (χ3n) is 0.0833. The van der Waals surface area contributed by atoms with E-state index in [4.69, 9.17) is 0 Å². The van der Waals surface area contributed by atoms with E-state index < -0.39 is 0 Å². The Morgan fingerprint density at radius 1 is 0.857 bits per heavy atom. The van der Waals surface area contributed by atoms with Gasteiger partial charge in [0.1, 0.15) is 0 Å². The van der Waals surface area contributed by atoms with Gasteiger partial charge in [0, 0.05) is 0 Å². The third-order valence-corrected chi connectivity index (χ3v) is 6.75. The van der Waals surface area contributed by atoms with Gasteiger partial charge in [0.05, 0.1) is 0 Å². The molecule has 0 bridgehead atoms. The van der Waals surface area contributed by atoms with Crippen LogP contribution >= 0.6 is 39.3 Å². The van der Waals surface area contributed by atoms with Crippen molar-refractivity contribution in [2.24, 2.45) is 0 Å². The average molecular weight is 258 g/mol. The minimum absolute atomic E-state index is 0. The van der Waals surface area contributed by atoms with Crippen LogP contribution in [-0.4, -0.2) is 0 Å². The Hall–Kier alpha value is 2.72. The van der Waals surface area contributed by atoms with Crippen molar-refractivity contribution in [3.05, 3.63) is 0 Å². The van der Waals surface area contributed by atoms with E-state index in [1.54, 1.807) is 0 Å². The number of hydrogen-bond acceptors (Lipinski definition) is 6. The van der Waals surface area contributed by atoms with Gasteiger partial charge in [-0.1, -0.05) is 0 Å². The molecule has 7 heteroatoms. The summed E-state index contributed by atoms with van der Waals surface area (Å²) in [5.41, 5.74) is 0. The van der Waals surface area contributed by atoms with Crippen LogP contribution in [0.2, 0.25) is 0 Å². The minimum atomic E-state index is 0. The Morgan fingerprint density at radius 3 is 1.29 bits per heavy atom. The zero-order chi connectivity index (χ0) is 4.83. The normalized spacial score (nSPS) is 7.71. The molecule has 0 aliphatic heterocycles. The maximum atomic E-state index is 4.52. The molecular weight excluding hydrogens is 258 g/mol. The van der Waals surface area contributed by atoms with Gasteiger partial charge in [-0.3, -0.25) is 19.7 Å². The molecule has 0 fully saturated rings. The Kier molecular flexibility index (Phi) is 20.4. The molecular formula is S6Zn. The standard InChI is InChI=1S/H2S6.Zn/c1-3-5-6-4-2;/h1-2H;/q;+2/p-2. The summed E-state index contributed by atoms with van der Waals surface area (Å²) in [6.07, 6.45) is 0. The fourth-order valence-corrected chi connectivity index (χ4v) is 5.51. The molecule has 38 valence electrons. The summed E-state index contributed by atoms with van der Waals surface area (Å²) < 4.78 is 0. The molecule has 0 amide bonds. The smallest absolute Gasteiger partial charge is 0.706 e. The predicted octanol–water partition coefficient (Wildman–Crippen LogP) is 2.59. The molecule has 0 aliphatic carbocycles. The summed E-state index contributed by atoms with van der Waals surface area (Å²) in [6, 6.07) is 0. The molecule has 0 rings (SSSR count). The largest absolute Gasteiger partial charge is 2.00 e. The molecule has 0 radical (unpaired) electrons. The van der Waals surface area contributed by atoms with Crippen LogP contribution in [0.15, 0.2) is 0 Å². The first-order chi connectivity index (χ1) is 2.91. The van der Waals surface area contributed by atoms with E-state index in [0.717, 1.165) is 0 Å². The summed E-state index contributed by atoms with van der Waals surface area (Å²) in [6.45, 7) is 0. The van der Waals surface area contributed by atoms with Crippen molar-refractivity contribution >= 4 is 62.6 Å². The molecule has 0 spiro atoms. The van der Waals surface area contributed by atoms with Gasteiger partial charge in [0.15, 0.2) is 0 Å². The van der Waals surface area contributed by atoms with Crippen molar-refractivity contribution in [3.63, 3.8) is 0 Å². The molecule has 0 aromatic carbocycles. The van der Waals surface area contributed by atoms with E-state index in [0.29, 0.717) is 0 Å². The minimum Gasteiger partial charge on any atom is -0.706 e. The molecule has 0 aliphatic rings. The van der Waals surface area contributed by atoms with Gasteiger partial charge in [0.25, 0.3) is 0 Å². The van der Waals surface area contributed by atoms with Crippen LogP contribution in [0, 0.1) is 0 Å². The van der Waals surface area contributed by atoms with Gasteiger partial charge in [-0.2, -0.15) is 0 Å². The number of hydrogen-bond donors (Lipinski definition) is 0. The van der Waals surface area contributed by atoms with Gasteiger partial charge in [-0.05, 0) is 19.7 Å². The topological polar surface area (TPSA) is 0 Å². The summed E-state index contributed by atoms with van der Waals surface area (Å²) >= 11 is 9.03. The Balaban J connectivity index is 0. The van der Waals surface area contributed by atoms with Crippen molar-refractivity contribution in [1.82, 2.24) is 0 Å². The first kappa shape index (κ1) is 12.4. The molecule has 0 atom stereocenters. The van der Waals surface area contributed by atoms with Crippen molar-refractivity contribution < 1.29 is 19.5 Å². The average Bonchev–Trinajstić information content (AvgIpc) is 1.61. The molecule has 0 saturated heterocycles. The van der Waals surface area contributed by atoms with Crippen molar-refractivity contribution in [2.75, 3.05) is 0 Å². The van der Waals surface area contributed by atoms with Crippen molar-refractivity contribution in [1.29, 1.82) is 0 Å². The summed E-state index contributed by atoms with van der Waals surface area (Å²) in [5.74, 6) is 0. The first-order valence-electron chi connectivity index (χ1n) is 0.833. The van der Waals surface area contributed by atoms with Gasteiger partial charge >= 0.3 is 19.5 Å². The van der Waals surface area contributed by atoms with Gasteiger partial charge < -0.3 is 23.3 Å². The predicted molar refractivity (Wildman–Crippen MR) is 45.1 cm³/mol. The van der Waals surface area contributed by atoms with Gasteiger partial charge in [-0.25, -0.2) is 0 Å². The van der Waals surface area contributed by atoms with E-state index >= 15 is 0 Å². The molecule has 0 unspecified atom stereocenters. The van der Waals surface area contributed by atoms with Crippen LogP contribution in [0.4, 0.5) is 0 Å². The maximum absolute atomic E-state index is 4.52. The summed E-state index contributed by atoms with van der Waals surface area (Å²) in [7, 11) is 5.63. The van der Waals surface area contributed by atoms with E-state index in [1.165, 1.54) is 39.3 Å². The third kappa shape index (κ3) is 12.0. The van der Waals surface area contributed by atoms with Gasteiger partial charge in [0.2, 0.25) is 0 Å². The van der Waals surface area contributed by atoms with Crippen molar-refractivity contribution in [2.45, 2.75) is 0 Å². The van der Waals surface area contributed by atoms with Crippen LogP contribution in [0.3, 0.4) is 0 Å². The van der Waals surface area contributed by atoms with Crippen molar-refractivity contribution in [3.8, 4) is 0 Å². The summed E-state index contributed by atoms with van der Waals surface area (Å²) in [5, 5.41) is 0. The molecule has 0 nitrogen and oxygen atoms in total. The van der Waals surface area contributed by atoms with Crippen LogP contribution in [-0.2, 0) is 42.8 Å². The van der Waals surface area contributed by atoms with E-state index in [9.17, 15) is 0 Å². The Labute approximate surface area is 81.1 Å². The quantitative estimate of drug-likeness (QED) is 0.328. The Morgan fingerprint density at radius 2 is 1.14 bits per heavy atom. The second-order valence-corrected chi connectivity index (χ2v) is 7.35. The van der Waals surface area contributed by atoms with Crippen LogP contribution in [0.5, 0.6) is 0 Å². The van der Waals surface area contributed by atoms with Crippen LogP contribution in [0.1, 0.15) is 0 Å². The maximum Gasteiger partial charge on any atom is 2.00 e. The van der Waals surface area contributed by atoms with E-state index in [2.05, 4.69) is 23.3 Å². The monoisotopic (exact) mass is 256 g/mol. The molecule has 0 saturated carbocycles. The van der Waals surface area contributed by atoms with E-state index in [1.807, 2.05) is 0 Å². The zero-order valence-corrected chi connectivity index (χ0v) is 11.0. The second-order valence-electron chi connectivity index (χ2n) is 0.272. The number of rotatable bonds is 3. The van der Waals surface area contributed by atoms with Gasteiger partial charge in [-0.15, -0.1) is 0 Å². The molecule has 0 heterocycles. The second kappa shape index (κ2) is 11.5. The molecule has 0 N–H and O–H groups in total. The van der Waals surface area contributed by atoms with Crippen LogP contribution in [0.25, 0.3) is 0 Å². The Bertz CT molecular complexity index is 16.1. The zero-order valence-electron chi connectivity index (χ0n) is 3.16. The molecule has 0 aromatic heterocycles. The molecule has 0 aromatic rings. The molecule has 7 heavy (non-hydrogen) atoms. The SMILES string of the molecule is [S-]SSSS[S-].[Zn+2]. The van der Waals surface area contributed by atoms with E-state index in [-0.39, 0.29) is 19.5 Å². The fraction of sp³-hybridized carbons (Fsp3) is 0.